The maximum Gasteiger partial charge on any atom is 0.334 e. The maximum atomic E-state index is 12.8. The second-order valence-electron chi connectivity index (χ2n) is 9.16. The summed E-state index contributed by atoms with van der Waals surface area (Å²) in [6, 6.07) is 1.64. The van der Waals surface area contributed by atoms with Crippen LogP contribution in [0.5, 0.6) is 0 Å². The van der Waals surface area contributed by atoms with Crippen LogP contribution >= 0.6 is 0 Å². The minimum Gasteiger partial charge on any atom is -0.398 e. The van der Waals surface area contributed by atoms with E-state index in [1.807, 2.05) is 20.1 Å². The molecule has 0 amide bonds. The van der Waals surface area contributed by atoms with Gasteiger partial charge in [0.05, 0.1) is 0 Å². The summed E-state index contributed by atoms with van der Waals surface area (Å²) in [5.74, 6) is 0.595. The molecule has 190 valence electrons. The number of hydrogen-bond donors (Lipinski definition) is 0. The Bertz CT molecular complexity index is 495. The largest absolute Gasteiger partial charge is 0.398 e. The van der Waals surface area contributed by atoms with Gasteiger partial charge < -0.3 is 22.6 Å². The van der Waals surface area contributed by atoms with Crippen molar-refractivity contribution in [2.24, 2.45) is 11.8 Å². The fourth-order valence-corrected chi connectivity index (χ4v) is 6.68. The van der Waals surface area contributed by atoms with Crippen molar-refractivity contribution in [2.75, 3.05) is 48.6 Å². The fourth-order valence-electron chi connectivity index (χ4n) is 3.89. The summed E-state index contributed by atoms with van der Waals surface area (Å²) in [7, 11) is 4.51. The van der Waals surface area contributed by atoms with Crippen LogP contribution in [0.1, 0.15) is 52.4 Å². The first-order valence-corrected chi connectivity index (χ1v) is 17.0. The lowest BCUT2D eigenvalue weighted by Crippen LogP contribution is -2.37. The van der Waals surface area contributed by atoms with Crippen molar-refractivity contribution in [1.82, 2.24) is 4.90 Å². The smallest absolute Gasteiger partial charge is 0.334 e. The number of carbonyl (C=O) groups excluding carboxylic acids is 2. The van der Waals surface area contributed by atoms with Gasteiger partial charge in [0, 0.05) is 66.2 Å². The van der Waals surface area contributed by atoms with Crippen molar-refractivity contribution < 1.29 is 27.3 Å². The number of nitrogens with zero attached hydrogens (tertiary/aromatic N) is 1. The lowest BCUT2D eigenvalue weighted by Gasteiger charge is -2.27. The molecule has 0 fully saturated rings. The molecule has 0 bridgehead atoms. The molecule has 0 radical (unpaired) electrons. The Morgan fingerprint density at radius 3 is 1.28 bits per heavy atom. The Hall–Kier alpha value is -0.426. The van der Waals surface area contributed by atoms with Crippen molar-refractivity contribution in [3.63, 3.8) is 0 Å². The summed E-state index contributed by atoms with van der Waals surface area (Å²) >= 11 is 0. The van der Waals surface area contributed by atoms with E-state index in [-0.39, 0.29) is 11.8 Å². The molecule has 0 saturated carbocycles. The first-order chi connectivity index (χ1) is 15.0. The Morgan fingerprint density at radius 1 is 0.719 bits per heavy atom. The van der Waals surface area contributed by atoms with E-state index in [0.29, 0.717) is 37.5 Å². The van der Waals surface area contributed by atoms with Gasteiger partial charge in [-0.15, -0.1) is 0 Å². The molecule has 32 heavy (non-hydrogen) atoms. The Labute approximate surface area is 199 Å². The summed E-state index contributed by atoms with van der Waals surface area (Å²) in [5.41, 5.74) is 0. The van der Waals surface area contributed by atoms with Crippen molar-refractivity contribution in [1.29, 1.82) is 0 Å². The molecule has 7 nitrogen and oxygen atoms in total. The Balaban J connectivity index is 4.60. The molecule has 0 aliphatic rings. The monoisotopic (exact) mass is 491 g/mol. The van der Waals surface area contributed by atoms with E-state index in [0.717, 1.165) is 37.8 Å². The van der Waals surface area contributed by atoms with Crippen molar-refractivity contribution in [3.8, 4) is 0 Å². The standard InChI is InChI=1S/C23H49NO6Si2/c1-10-20(22(25)14-12-16-31(8,27-4)28-5)18-24(3)19-21(11-2)23(26)15-13-17-32(9,29-6)30-7/h20-21H,10-19H2,1-9H3. The number of carbonyl (C=O) groups is 2. The number of ketones is 2. The van der Waals surface area contributed by atoms with Crippen LogP contribution in [0.2, 0.25) is 25.2 Å². The average molecular weight is 492 g/mol. The molecular formula is C23H49NO6Si2. The number of rotatable bonds is 20. The maximum absolute atomic E-state index is 12.8. The van der Waals surface area contributed by atoms with Gasteiger partial charge in [-0.25, -0.2) is 0 Å². The lowest BCUT2D eigenvalue weighted by molar-refractivity contribution is -0.124. The first kappa shape index (κ1) is 31.6. The third kappa shape index (κ3) is 11.6. The molecule has 0 aromatic rings. The van der Waals surface area contributed by atoms with Crippen LogP contribution in [0.3, 0.4) is 0 Å². The fraction of sp³-hybridized carbons (Fsp3) is 0.913. The minimum atomic E-state index is -2.12. The number of Topliss-reactive ketones (excluding diaryl/α,β-unsaturated/α-hetero) is 2. The Morgan fingerprint density at radius 2 is 1.03 bits per heavy atom. The molecule has 0 aromatic carbocycles. The van der Waals surface area contributed by atoms with Gasteiger partial charge in [0.25, 0.3) is 0 Å². The highest BCUT2D eigenvalue weighted by atomic mass is 28.4. The van der Waals surface area contributed by atoms with Crippen LogP contribution in [0.4, 0.5) is 0 Å². The quantitative estimate of drug-likeness (QED) is 0.234. The van der Waals surface area contributed by atoms with Gasteiger partial charge in [-0.1, -0.05) is 13.8 Å². The average Bonchev–Trinajstić information content (AvgIpc) is 2.80. The molecule has 0 spiro atoms. The van der Waals surface area contributed by atoms with Crippen LogP contribution in [-0.2, 0) is 27.3 Å². The Kier molecular flexibility index (Phi) is 16.0. The van der Waals surface area contributed by atoms with Crippen LogP contribution in [0, 0.1) is 11.8 Å². The lowest BCUT2D eigenvalue weighted by atomic mass is 9.94. The van der Waals surface area contributed by atoms with E-state index in [9.17, 15) is 9.59 Å². The topological polar surface area (TPSA) is 74.3 Å². The zero-order valence-corrected chi connectivity index (χ0v) is 24.1. The molecule has 0 N–H and O–H groups in total. The molecule has 0 aliphatic carbocycles. The summed E-state index contributed by atoms with van der Waals surface area (Å²) in [5, 5.41) is 0. The van der Waals surface area contributed by atoms with E-state index in [1.54, 1.807) is 28.4 Å². The molecule has 0 aromatic heterocycles. The second kappa shape index (κ2) is 16.2. The van der Waals surface area contributed by atoms with E-state index in [1.165, 1.54) is 0 Å². The first-order valence-electron chi connectivity index (χ1n) is 12.0. The SMILES string of the molecule is CCC(CN(C)CC(CC)C(=O)CCC[Si](C)(OC)OC)C(=O)CCC[Si](C)(OC)OC. The highest BCUT2D eigenvalue weighted by Crippen LogP contribution is 2.20. The molecule has 0 saturated heterocycles. The van der Waals surface area contributed by atoms with Crippen LogP contribution in [-0.4, -0.2) is 82.2 Å². The van der Waals surface area contributed by atoms with Crippen molar-refractivity contribution >= 4 is 28.7 Å². The van der Waals surface area contributed by atoms with Crippen LogP contribution in [0.15, 0.2) is 0 Å². The van der Waals surface area contributed by atoms with E-state index in [2.05, 4.69) is 18.7 Å². The van der Waals surface area contributed by atoms with E-state index >= 15 is 0 Å². The van der Waals surface area contributed by atoms with Gasteiger partial charge >= 0.3 is 17.1 Å². The zero-order chi connectivity index (χ0) is 24.8. The molecular weight excluding hydrogens is 442 g/mol. The highest BCUT2D eigenvalue weighted by Gasteiger charge is 2.30. The zero-order valence-electron chi connectivity index (χ0n) is 22.1. The molecule has 0 heterocycles. The van der Waals surface area contributed by atoms with Crippen LogP contribution in [0.25, 0.3) is 0 Å². The van der Waals surface area contributed by atoms with E-state index in [4.69, 9.17) is 17.7 Å². The molecule has 9 heteroatoms. The molecule has 2 unspecified atom stereocenters. The van der Waals surface area contributed by atoms with Gasteiger partial charge in [-0.2, -0.15) is 0 Å². The number of hydrogen-bond acceptors (Lipinski definition) is 7. The van der Waals surface area contributed by atoms with Gasteiger partial charge in [0.1, 0.15) is 11.6 Å². The van der Waals surface area contributed by atoms with Gasteiger partial charge in [-0.3, -0.25) is 9.59 Å². The van der Waals surface area contributed by atoms with Gasteiger partial charge in [-0.05, 0) is 57.9 Å². The van der Waals surface area contributed by atoms with Crippen molar-refractivity contribution in [2.45, 2.75) is 77.6 Å². The highest BCUT2D eigenvalue weighted by molar-refractivity contribution is 6.66. The summed E-state index contributed by atoms with van der Waals surface area (Å²) < 4.78 is 22.0. The summed E-state index contributed by atoms with van der Waals surface area (Å²) in [6.45, 7) is 9.57. The van der Waals surface area contributed by atoms with E-state index < -0.39 is 17.1 Å². The third-order valence-electron chi connectivity index (χ3n) is 6.80. The molecule has 0 rings (SSSR count). The van der Waals surface area contributed by atoms with Gasteiger partial charge in [0.2, 0.25) is 0 Å². The van der Waals surface area contributed by atoms with Crippen molar-refractivity contribution in [3.05, 3.63) is 0 Å². The van der Waals surface area contributed by atoms with Crippen LogP contribution < -0.4 is 0 Å². The second-order valence-corrected chi connectivity index (χ2v) is 16.3. The summed E-state index contributed by atoms with van der Waals surface area (Å²) in [6.07, 6.45) is 4.33. The summed E-state index contributed by atoms with van der Waals surface area (Å²) in [4.78, 5) is 27.7. The molecule has 0 aliphatic heterocycles. The minimum absolute atomic E-state index is 0.000680. The predicted octanol–water partition coefficient (Wildman–Crippen LogP) is 4.40. The molecule has 2 atom stereocenters. The normalized spacial score (nSPS) is 14.6. The predicted molar refractivity (Wildman–Crippen MR) is 134 cm³/mol. The third-order valence-corrected chi connectivity index (χ3v) is 12.8. The van der Waals surface area contributed by atoms with Gasteiger partial charge in [0.15, 0.2) is 0 Å².